The molecule has 2 saturated heterocycles. The van der Waals surface area contributed by atoms with Crippen LogP contribution in [0.15, 0.2) is 5.38 Å². The van der Waals surface area contributed by atoms with Crippen LogP contribution in [0.25, 0.3) is 0 Å². The van der Waals surface area contributed by atoms with Crippen LogP contribution in [-0.4, -0.2) is 36.1 Å². The fourth-order valence-corrected chi connectivity index (χ4v) is 4.29. The number of nitrogens with zero attached hydrogens (tertiary/aromatic N) is 2. The van der Waals surface area contributed by atoms with Crippen molar-refractivity contribution >= 4 is 36.2 Å². The molecule has 122 valence electrons. The second kappa shape index (κ2) is 7.14. The van der Waals surface area contributed by atoms with E-state index in [9.17, 15) is 0 Å². The van der Waals surface area contributed by atoms with Gasteiger partial charge in [0.25, 0.3) is 0 Å². The van der Waals surface area contributed by atoms with Gasteiger partial charge in [-0.3, -0.25) is 4.90 Å². The molecule has 1 spiro atoms. The molecule has 21 heavy (non-hydrogen) atoms. The van der Waals surface area contributed by atoms with Crippen molar-refractivity contribution in [3.05, 3.63) is 16.1 Å². The molecule has 0 bridgehead atoms. The van der Waals surface area contributed by atoms with Gasteiger partial charge >= 0.3 is 0 Å². The average molecular weight is 352 g/mol. The second-order valence-corrected chi connectivity index (χ2v) is 8.21. The molecule has 1 aromatic rings. The van der Waals surface area contributed by atoms with E-state index in [1.165, 1.54) is 49.7 Å². The van der Waals surface area contributed by atoms with Gasteiger partial charge in [-0.05, 0) is 31.3 Å². The van der Waals surface area contributed by atoms with Crippen molar-refractivity contribution in [2.24, 2.45) is 5.41 Å². The first-order chi connectivity index (χ1) is 8.97. The Morgan fingerprint density at radius 2 is 2.10 bits per heavy atom. The van der Waals surface area contributed by atoms with E-state index in [0.717, 1.165) is 6.54 Å². The zero-order valence-electron chi connectivity index (χ0n) is 13.1. The van der Waals surface area contributed by atoms with E-state index < -0.39 is 0 Å². The van der Waals surface area contributed by atoms with Gasteiger partial charge in [-0.15, -0.1) is 36.2 Å². The van der Waals surface area contributed by atoms with E-state index in [-0.39, 0.29) is 30.2 Å². The highest BCUT2D eigenvalue weighted by atomic mass is 35.5. The van der Waals surface area contributed by atoms with Crippen LogP contribution in [0.3, 0.4) is 0 Å². The van der Waals surface area contributed by atoms with Crippen LogP contribution in [0.4, 0.5) is 0 Å². The molecule has 3 heterocycles. The van der Waals surface area contributed by atoms with Crippen LogP contribution < -0.4 is 5.32 Å². The molecule has 0 amide bonds. The molecule has 2 aliphatic rings. The van der Waals surface area contributed by atoms with Gasteiger partial charge in [-0.2, -0.15) is 0 Å². The fourth-order valence-electron chi connectivity index (χ4n) is 3.23. The minimum absolute atomic E-state index is 0. The summed E-state index contributed by atoms with van der Waals surface area (Å²) < 4.78 is 0. The van der Waals surface area contributed by atoms with Crippen LogP contribution in [-0.2, 0) is 12.0 Å². The molecule has 1 N–H and O–H groups in total. The molecule has 3 rings (SSSR count). The van der Waals surface area contributed by atoms with E-state index in [1.54, 1.807) is 0 Å². The largest absolute Gasteiger partial charge is 0.316 e. The highest BCUT2D eigenvalue weighted by molar-refractivity contribution is 7.09. The van der Waals surface area contributed by atoms with Gasteiger partial charge in [0.2, 0.25) is 0 Å². The first-order valence-corrected chi connectivity index (χ1v) is 8.23. The van der Waals surface area contributed by atoms with Gasteiger partial charge in [0, 0.05) is 23.9 Å². The standard InChI is InChI=1S/C15H25N3S.2ClH/c1-14(2,3)12-9-19-13(17-12)8-18-7-5-15(11-18)4-6-16-10-15;;/h9,16H,4-8,10-11H2,1-3H3;2*1H. The van der Waals surface area contributed by atoms with E-state index in [4.69, 9.17) is 4.98 Å². The van der Waals surface area contributed by atoms with Crippen LogP contribution in [0.2, 0.25) is 0 Å². The Hall–Kier alpha value is 0.130. The first kappa shape index (κ1) is 19.2. The third kappa shape index (κ3) is 4.32. The minimum Gasteiger partial charge on any atom is -0.316 e. The molecule has 2 fully saturated rings. The summed E-state index contributed by atoms with van der Waals surface area (Å²) in [5, 5.41) is 7.04. The van der Waals surface area contributed by atoms with Gasteiger partial charge in [0.1, 0.15) is 5.01 Å². The van der Waals surface area contributed by atoms with Crippen LogP contribution in [0.5, 0.6) is 0 Å². The van der Waals surface area contributed by atoms with Crippen molar-refractivity contribution < 1.29 is 0 Å². The second-order valence-electron chi connectivity index (χ2n) is 7.26. The van der Waals surface area contributed by atoms with Gasteiger partial charge in [0.05, 0.1) is 12.2 Å². The summed E-state index contributed by atoms with van der Waals surface area (Å²) in [5.41, 5.74) is 1.99. The van der Waals surface area contributed by atoms with Crippen molar-refractivity contribution in [3.63, 3.8) is 0 Å². The minimum atomic E-state index is 0. The van der Waals surface area contributed by atoms with E-state index in [0.29, 0.717) is 5.41 Å². The fraction of sp³-hybridized carbons (Fsp3) is 0.800. The van der Waals surface area contributed by atoms with Gasteiger partial charge in [-0.25, -0.2) is 4.98 Å². The molecule has 0 aliphatic carbocycles. The lowest BCUT2D eigenvalue weighted by atomic mass is 9.87. The Labute approximate surface area is 144 Å². The lowest BCUT2D eigenvalue weighted by molar-refractivity contribution is 0.268. The molecule has 0 saturated carbocycles. The van der Waals surface area contributed by atoms with Crippen molar-refractivity contribution in [3.8, 4) is 0 Å². The average Bonchev–Trinajstić information content (AvgIpc) is 3.01. The maximum Gasteiger partial charge on any atom is 0.107 e. The molecule has 1 atom stereocenters. The van der Waals surface area contributed by atoms with Gasteiger partial charge < -0.3 is 5.32 Å². The summed E-state index contributed by atoms with van der Waals surface area (Å²) in [6.45, 7) is 12.7. The Balaban J connectivity index is 0.00000110. The normalized spacial score (nSPS) is 25.9. The van der Waals surface area contributed by atoms with Crippen LogP contribution in [0.1, 0.15) is 44.3 Å². The predicted molar refractivity (Wildman–Crippen MR) is 95.1 cm³/mol. The molecule has 1 aromatic heterocycles. The Morgan fingerprint density at radius 1 is 1.33 bits per heavy atom. The molecule has 0 radical (unpaired) electrons. The molecule has 0 aromatic carbocycles. The zero-order chi connectivity index (χ0) is 13.5. The van der Waals surface area contributed by atoms with Gasteiger partial charge in [0.15, 0.2) is 0 Å². The number of aromatic nitrogens is 1. The Kier molecular flexibility index (Phi) is 6.52. The highest BCUT2D eigenvalue weighted by Gasteiger charge is 2.40. The number of halogens is 2. The van der Waals surface area contributed by atoms with Crippen molar-refractivity contribution in [2.45, 2.75) is 45.6 Å². The first-order valence-electron chi connectivity index (χ1n) is 7.35. The number of thiazole rings is 1. The maximum atomic E-state index is 4.82. The number of likely N-dealkylation sites (tertiary alicyclic amines) is 1. The molecule has 6 heteroatoms. The monoisotopic (exact) mass is 351 g/mol. The van der Waals surface area contributed by atoms with Crippen LogP contribution >= 0.6 is 36.2 Å². The topological polar surface area (TPSA) is 28.2 Å². The predicted octanol–water partition coefficient (Wildman–Crippen LogP) is 3.47. The lowest BCUT2D eigenvalue weighted by Gasteiger charge is -2.22. The smallest absolute Gasteiger partial charge is 0.107 e. The molecule has 3 nitrogen and oxygen atoms in total. The summed E-state index contributed by atoms with van der Waals surface area (Å²) in [6.07, 6.45) is 2.71. The summed E-state index contributed by atoms with van der Waals surface area (Å²) >= 11 is 1.83. The van der Waals surface area contributed by atoms with E-state index in [1.807, 2.05) is 11.3 Å². The van der Waals surface area contributed by atoms with Crippen molar-refractivity contribution in [1.82, 2.24) is 15.2 Å². The van der Waals surface area contributed by atoms with Gasteiger partial charge in [-0.1, -0.05) is 20.8 Å². The number of hydrogen-bond donors (Lipinski definition) is 1. The molecule has 1 unspecified atom stereocenters. The summed E-state index contributed by atoms with van der Waals surface area (Å²) in [4.78, 5) is 7.42. The van der Waals surface area contributed by atoms with E-state index in [2.05, 4.69) is 36.4 Å². The lowest BCUT2D eigenvalue weighted by Crippen LogP contribution is -2.29. The Bertz CT molecular complexity index is 450. The summed E-state index contributed by atoms with van der Waals surface area (Å²) in [6, 6.07) is 0. The molecular formula is C15H27Cl2N3S. The highest BCUT2D eigenvalue weighted by Crippen LogP contribution is 2.37. The Morgan fingerprint density at radius 3 is 2.67 bits per heavy atom. The SMILES string of the molecule is CC(C)(C)c1csc(CN2CCC3(CCNC3)C2)n1.Cl.Cl. The maximum absolute atomic E-state index is 4.82. The molecular weight excluding hydrogens is 325 g/mol. The number of rotatable bonds is 2. The number of nitrogens with one attached hydrogen (secondary N) is 1. The van der Waals surface area contributed by atoms with Crippen molar-refractivity contribution in [1.29, 1.82) is 0 Å². The van der Waals surface area contributed by atoms with E-state index >= 15 is 0 Å². The zero-order valence-corrected chi connectivity index (χ0v) is 15.6. The third-order valence-electron chi connectivity index (χ3n) is 4.53. The van der Waals surface area contributed by atoms with Crippen molar-refractivity contribution in [2.75, 3.05) is 26.2 Å². The molecule has 2 aliphatic heterocycles. The summed E-state index contributed by atoms with van der Waals surface area (Å²) in [7, 11) is 0. The van der Waals surface area contributed by atoms with Crippen LogP contribution in [0, 0.1) is 5.41 Å². The third-order valence-corrected chi connectivity index (χ3v) is 5.36. The summed E-state index contributed by atoms with van der Waals surface area (Å²) in [5.74, 6) is 0. The quantitative estimate of drug-likeness (QED) is 0.883. The number of hydrogen-bond acceptors (Lipinski definition) is 4.